The fourth-order valence-corrected chi connectivity index (χ4v) is 2.68. The Morgan fingerprint density at radius 2 is 1.66 bits per heavy atom. The predicted octanol–water partition coefficient (Wildman–Crippen LogP) is 4.62. The van der Waals surface area contributed by atoms with E-state index >= 15 is 0 Å². The molecule has 7 heteroatoms. The van der Waals surface area contributed by atoms with E-state index in [1.54, 1.807) is 79.9 Å². The molecule has 0 heterocycles. The van der Waals surface area contributed by atoms with Crippen molar-refractivity contribution in [2.45, 2.75) is 0 Å². The van der Waals surface area contributed by atoms with Gasteiger partial charge in [-0.3, -0.25) is 9.59 Å². The molecule has 0 aliphatic heterocycles. The van der Waals surface area contributed by atoms with E-state index in [2.05, 4.69) is 10.6 Å². The van der Waals surface area contributed by atoms with Gasteiger partial charge in [0.25, 0.3) is 11.8 Å². The molecular weight excluding hydrogens is 392 g/mol. The van der Waals surface area contributed by atoms with Gasteiger partial charge in [0.15, 0.2) is 6.61 Å². The summed E-state index contributed by atoms with van der Waals surface area (Å²) < 4.78 is 10.6. The van der Waals surface area contributed by atoms with Crippen LogP contribution in [-0.2, 0) is 4.79 Å². The Balaban J connectivity index is 1.65. The highest BCUT2D eigenvalue weighted by Gasteiger charge is 2.14. The highest BCUT2D eigenvalue weighted by Crippen LogP contribution is 2.21. The zero-order valence-corrected chi connectivity index (χ0v) is 16.4. The number of rotatable bonds is 7. The van der Waals surface area contributed by atoms with Crippen LogP contribution in [-0.4, -0.2) is 25.5 Å². The van der Waals surface area contributed by atoms with Crippen molar-refractivity contribution in [1.82, 2.24) is 0 Å². The van der Waals surface area contributed by atoms with Crippen LogP contribution < -0.4 is 20.1 Å². The second kappa shape index (κ2) is 9.61. The highest BCUT2D eigenvalue weighted by atomic mass is 35.5. The number of amides is 2. The minimum atomic E-state index is -0.387. The van der Waals surface area contributed by atoms with Crippen LogP contribution in [0.3, 0.4) is 0 Å². The monoisotopic (exact) mass is 410 g/mol. The molecule has 148 valence electrons. The van der Waals surface area contributed by atoms with Crippen molar-refractivity contribution in [2.75, 3.05) is 24.4 Å². The first kappa shape index (κ1) is 20.2. The first-order valence-corrected chi connectivity index (χ1v) is 9.15. The second-order valence-corrected chi connectivity index (χ2v) is 6.46. The number of hydrogen-bond acceptors (Lipinski definition) is 4. The van der Waals surface area contributed by atoms with Crippen LogP contribution in [0.5, 0.6) is 11.5 Å². The Morgan fingerprint density at radius 1 is 0.897 bits per heavy atom. The molecule has 2 N–H and O–H groups in total. The molecule has 0 radical (unpaired) electrons. The Kier molecular flexibility index (Phi) is 6.71. The van der Waals surface area contributed by atoms with Gasteiger partial charge >= 0.3 is 0 Å². The Bertz CT molecular complexity index is 1010. The van der Waals surface area contributed by atoms with Gasteiger partial charge in [-0.15, -0.1) is 0 Å². The summed E-state index contributed by atoms with van der Waals surface area (Å²) in [6, 6.07) is 20.4. The molecular formula is C22H19ClN2O4. The summed E-state index contributed by atoms with van der Waals surface area (Å²) in [7, 11) is 1.55. The quantitative estimate of drug-likeness (QED) is 0.596. The van der Waals surface area contributed by atoms with Gasteiger partial charge in [0, 0.05) is 16.8 Å². The van der Waals surface area contributed by atoms with Crippen molar-refractivity contribution < 1.29 is 19.1 Å². The summed E-state index contributed by atoms with van der Waals surface area (Å²) in [5.74, 6) is 0.409. The number of benzene rings is 3. The van der Waals surface area contributed by atoms with E-state index in [0.717, 1.165) is 0 Å². The number of para-hydroxylation sites is 1. The molecule has 0 saturated carbocycles. The summed E-state index contributed by atoms with van der Waals surface area (Å²) in [5, 5.41) is 6.08. The van der Waals surface area contributed by atoms with Crippen LogP contribution >= 0.6 is 11.6 Å². The highest BCUT2D eigenvalue weighted by molar-refractivity contribution is 6.30. The van der Waals surface area contributed by atoms with E-state index in [0.29, 0.717) is 33.5 Å². The third-order valence-corrected chi connectivity index (χ3v) is 4.21. The standard InChI is InChI=1S/C22H19ClN2O4/c1-28-18-6-4-5-16(13-18)24-22(27)19-7-2-3-8-20(19)25-21(26)14-29-17-11-9-15(23)10-12-17/h2-13H,14H2,1H3,(H,24,27)(H,25,26). The molecule has 6 nitrogen and oxygen atoms in total. The molecule has 0 fully saturated rings. The van der Waals surface area contributed by atoms with Crippen molar-refractivity contribution >= 4 is 34.8 Å². The molecule has 0 atom stereocenters. The molecule has 0 aliphatic carbocycles. The minimum absolute atomic E-state index is 0.201. The van der Waals surface area contributed by atoms with E-state index in [9.17, 15) is 9.59 Å². The fourth-order valence-electron chi connectivity index (χ4n) is 2.56. The van der Waals surface area contributed by atoms with Crippen molar-refractivity contribution in [2.24, 2.45) is 0 Å². The van der Waals surface area contributed by atoms with E-state index in [-0.39, 0.29) is 18.4 Å². The van der Waals surface area contributed by atoms with Gasteiger partial charge in [-0.2, -0.15) is 0 Å². The first-order chi connectivity index (χ1) is 14.0. The molecule has 2 amide bonds. The maximum Gasteiger partial charge on any atom is 0.262 e. The zero-order chi connectivity index (χ0) is 20.6. The average molecular weight is 411 g/mol. The fraction of sp³-hybridized carbons (Fsp3) is 0.0909. The number of hydrogen-bond donors (Lipinski definition) is 2. The third-order valence-electron chi connectivity index (χ3n) is 3.96. The molecule has 0 unspecified atom stereocenters. The van der Waals surface area contributed by atoms with E-state index < -0.39 is 0 Å². The van der Waals surface area contributed by atoms with E-state index in [1.165, 1.54) is 0 Å². The molecule has 0 bridgehead atoms. The number of carbonyl (C=O) groups excluding carboxylic acids is 2. The lowest BCUT2D eigenvalue weighted by Gasteiger charge is -2.12. The molecule has 0 spiro atoms. The van der Waals surface area contributed by atoms with Crippen molar-refractivity contribution in [3.63, 3.8) is 0 Å². The number of halogens is 1. The number of ether oxygens (including phenoxy) is 2. The lowest BCUT2D eigenvalue weighted by atomic mass is 10.1. The Hall–Kier alpha value is -3.51. The van der Waals surface area contributed by atoms with Gasteiger partial charge in [0.2, 0.25) is 0 Å². The van der Waals surface area contributed by atoms with E-state index in [1.807, 2.05) is 0 Å². The zero-order valence-electron chi connectivity index (χ0n) is 15.6. The van der Waals surface area contributed by atoms with Gasteiger partial charge in [0.1, 0.15) is 11.5 Å². The van der Waals surface area contributed by atoms with Crippen molar-refractivity contribution in [3.05, 3.63) is 83.4 Å². The number of methoxy groups -OCH3 is 1. The number of carbonyl (C=O) groups is 2. The van der Waals surface area contributed by atoms with Crippen LogP contribution in [0.2, 0.25) is 5.02 Å². The summed E-state index contributed by atoms with van der Waals surface area (Å²) in [4.78, 5) is 24.9. The maximum atomic E-state index is 12.7. The lowest BCUT2D eigenvalue weighted by molar-refractivity contribution is -0.118. The third kappa shape index (κ3) is 5.73. The molecule has 29 heavy (non-hydrogen) atoms. The van der Waals surface area contributed by atoms with Crippen molar-refractivity contribution in [1.29, 1.82) is 0 Å². The Morgan fingerprint density at radius 3 is 2.41 bits per heavy atom. The SMILES string of the molecule is COc1cccc(NC(=O)c2ccccc2NC(=O)COc2ccc(Cl)cc2)c1. The predicted molar refractivity (Wildman–Crippen MR) is 113 cm³/mol. The maximum absolute atomic E-state index is 12.7. The molecule has 3 rings (SSSR count). The summed E-state index contributed by atoms with van der Waals surface area (Å²) in [6.07, 6.45) is 0. The second-order valence-electron chi connectivity index (χ2n) is 6.02. The number of anilines is 2. The molecule has 3 aromatic carbocycles. The normalized spacial score (nSPS) is 10.1. The average Bonchev–Trinajstić information content (AvgIpc) is 2.74. The van der Waals surface area contributed by atoms with Crippen LogP contribution in [0.4, 0.5) is 11.4 Å². The molecule has 0 aliphatic rings. The first-order valence-electron chi connectivity index (χ1n) is 8.78. The van der Waals surface area contributed by atoms with E-state index in [4.69, 9.17) is 21.1 Å². The van der Waals surface area contributed by atoms with Crippen LogP contribution in [0, 0.1) is 0 Å². The molecule has 0 saturated heterocycles. The lowest BCUT2D eigenvalue weighted by Crippen LogP contribution is -2.22. The summed E-state index contributed by atoms with van der Waals surface area (Å²) >= 11 is 5.82. The van der Waals surface area contributed by atoms with Crippen LogP contribution in [0.15, 0.2) is 72.8 Å². The molecule has 0 aromatic heterocycles. The van der Waals surface area contributed by atoms with Gasteiger partial charge < -0.3 is 20.1 Å². The summed E-state index contributed by atoms with van der Waals surface area (Å²) in [6.45, 7) is -0.201. The summed E-state index contributed by atoms with van der Waals surface area (Å²) in [5.41, 5.74) is 1.30. The minimum Gasteiger partial charge on any atom is -0.497 e. The smallest absolute Gasteiger partial charge is 0.262 e. The van der Waals surface area contributed by atoms with Crippen LogP contribution in [0.25, 0.3) is 0 Å². The van der Waals surface area contributed by atoms with Gasteiger partial charge in [0.05, 0.1) is 18.4 Å². The van der Waals surface area contributed by atoms with Gasteiger partial charge in [-0.05, 0) is 48.5 Å². The largest absolute Gasteiger partial charge is 0.497 e. The Labute approximate surface area is 173 Å². The van der Waals surface area contributed by atoms with Crippen LogP contribution in [0.1, 0.15) is 10.4 Å². The number of nitrogens with one attached hydrogen (secondary N) is 2. The molecule has 3 aromatic rings. The topological polar surface area (TPSA) is 76.7 Å². The van der Waals surface area contributed by atoms with Gasteiger partial charge in [-0.1, -0.05) is 29.8 Å². The van der Waals surface area contributed by atoms with Crippen molar-refractivity contribution in [3.8, 4) is 11.5 Å². The van der Waals surface area contributed by atoms with Gasteiger partial charge in [-0.25, -0.2) is 0 Å².